The molecule has 1 heterocycles. The van der Waals surface area contributed by atoms with Crippen molar-refractivity contribution in [1.29, 1.82) is 0 Å². The number of nitrogens with one attached hydrogen (secondary N) is 1. The number of hydrogen-bond donors (Lipinski definition) is 1. The second-order valence-corrected chi connectivity index (χ2v) is 5.81. The molecule has 0 aliphatic heterocycles. The average Bonchev–Trinajstić information content (AvgIpc) is 2.60. The number of benzene rings is 2. The molecule has 0 radical (unpaired) electrons. The van der Waals surface area contributed by atoms with E-state index in [1.54, 1.807) is 48.7 Å². The molecule has 5 nitrogen and oxygen atoms in total. The standard InChI is InChI=1S/C19H18FN3O2/c1-3-18(24)22-15-8-9-17-16(10-15)19(25)23(12(2)21-17)11-13-4-6-14(20)7-5-13/h4-10H,3,11H2,1-2H3,(H,22,24). The smallest absolute Gasteiger partial charge is 0.261 e. The van der Waals surface area contributed by atoms with Gasteiger partial charge in [0.15, 0.2) is 0 Å². The average molecular weight is 339 g/mol. The van der Waals surface area contributed by atoms with Crippen molar-refractivity contribution < 1.29 is 9.18 Å². The molecule has 3 aromatic rings. The summed E-state index contributed by atoms with van der Waals surface area (Å²) < 4.78 is 14.6. The van der Waals surface area contributed by atoms with E-state index in [4.69, 9.17) is 0 Å². The van der Waals surface area contributed by atoms with Crippen molar-refractivity contribution in [2.75, 3.05) is 5.32 Å². The van der Waals surface area contributed by atoms with Crippen LogP contribution >= 0.6 is 0 Å². The minimum absolute atomic E-state index is 0.119. The Morgan fingerprint density at radius 2 is 1.92 bits per heavy atom. The van der Waals surface area contributed by atoms with Crippen LogP contribution in [0, 0.1) is 12.7 Å². The van der Waals surface area contributed by atoms with Crippen molar-refractivity contribution >= 4 is 22.5 Å². The Labute approximate surface area is 144 Å². The predicted octanol–water partition coefficient (Wildman–Crippen LogP) is 3.24. The van der Waals surface area contributed by atoms with Crippen LogP contribution in [0.3, 0.4) is 0 Å². The fraction of sp³-hybridized carbons (Fsp3) is 0.211. The first-order chi connectivity index (χ1) is 12.0. The summed E-state index contributed by atoms with van der Waals surface area (Å²) in [5, 5.41) is 3.18. The quantitative estimate of drug-likeness (QED) is 0.794. The van der Waals surface area contributed by atoms with Gasteiger partial charge in [-0.25, -0.2) is 9.37 Å². The van der Waals surface area contributed by atoms with Gasteiger partial charge in [-0.3, -0.25) is 14.2 Å². The van der Waals surface area contributed by atoms with E-state index in [0.29, 0.717) is 35.4 Å². The second-order valence-electron chi connectivity index (χ2n) is 5.81. The normalized spacial score (nSPS) is 10.8. The molecule has 25 heavy (non-hydrogen) atoms. The van der Waals surface area contributed by atoms with Gasteiger partial charge in [-0.2, -0.15) is 0 Å². The Balaban J connectivity index is 2.04. The number of anilines is 1. The lowest BCUT2D eigenvalue weighted by Gasteiger charge is -2.12. The van der Waals surface area contributed by atoms with Gasteiger partial charge in [0.05, 0.1) is 17.4 Å². The zero-order chi connectivity index (χ0) is 18.0. The fourth-order valence-electron chi connectivity index (χ4n) is 2.62. The highest BCUT2D eigenvalue weighted by Gasteiger charge is 2.10. The molecule has 0 aliphatic carbocycles. The maximum absolute atomic E-state index is 13.1. The van der Waals surface area contributed by atoms with Crippen LogP contribution in [0.4, 0.5) is 10.1 Å². The van der Waals surface area contributed by atoms with Crippen molar-refractivity contribution in [2.45, 2.75) is 26.8 Å². The van der Waals surface area contributed by atoms with Crippen LogP contribution in [-0.4, -0.2) is 15.5 Å². The molecule has 1 aromatic heterocycles. The number of fused-ring (bicyclic) bond motifs is 1. The maximum atomic E-state index is 13.1. The minimum atomic E-state index is -0.319. The van der Waals surface area contributed by atoms with Crippen LogP contribution in [0.15, 0.2) is 47.3 Å². The maximum Gasteiger partial charge on any atom is 0.261 e. The topological polar surface area (TPSA) is 64.0 Å². The van der Waals surface area contributed by atoms with Crippen molar-refractivity contribution in [1.82, 2.24) is 9.55 Å². The summed E-state index contributed by atoms with van der Waals surface area (Å²) in [5.74, 6) is 0.138. The van der Waals surface area contributed by atoms with E-state index in [1.165, 1.54) is 12.1 Å². The van der Waals surface area contributed by atoms with Gasteiger partial charge < -0.3 is 5.32 Å². The van der Waals surface area contributed by atoms with E-state index in [0.717, 1.165) is 5.56 Å². The summed E-state index contributed by atoms with van der Waals surface area (Å²) in [7, 11) is 0. The van der Waals surface area contributed by atoms with Crippen molar-refractivity contribution in [3.8, 4) is 0 Å². The second kappa shape index (κ2) is 6.84. The number of amides is 1. The summed E-state index contributed by atoms with van der Waals surface area (Å²) in [5.41, 5.74) is 1.76. The van der Waals surface area contributed by atoms with Gasteiger partial charge >= 0.3 is 0 Å². The lowest BCUT2D eigenvalue weighted by atomic mass is 10.2. The van der Waals surface area contributed by atoms with Crippen LogP contribution in [0.25, 0.3) is 10.9 Å². The van der Waals surface area contributed by atoms with Crippen LogP contribution in [0.5, 0.6) is 0 Å². The molecule has 0 unspecified atom stereocenters. The molecule has 1 amide bonds. The molecule has 0 fully saturated rings. The highest BCUT2D eigenvalue weighted by Crippen LogP contribution is 2.16. The Kier molecular flexibility index (Phi) is 4.61. The van der Waals surface area contributed by atoms with Crippen LogP contribution in [0.2, 0.25) is 0 Å². The third kappa shape index (κ3) is 3.57. The predicted molar refractivity (Wildman–Crippen MR) is 95.2 cm³/mol. The summed E-state index contributed by atoms with van der Waals surface area (Å²) in [6.07, 6.45) is 0.360. The van der Waals surface area contributed by atoms with E-state index >= 15 is 0 Å². The third-order valence-electron chi connectivity index (χ3n) is 4.00. The first-order valence-corrected chi connectivity index (χ1v) is 8.03. The molecule has 128 valence electrons. The summed E-state index contributed by atoms with van der Waals surface area (Å²) in [6, 6.07) is 11.1. The molecule has 3 rings (SSSR count). The van der Waals surface area contributed by atoms with Gasteiger partial charge in [-0.05, 0) is 42.8 Å². The third-order valence-corrected chi connectivity index (χ3v) is 4.00. The van der Waals surface area contributed by atoms with Crippen LogP contribution < -0.4 is 10.9 Å². The van der Waals surface area contributed by atoms with E-state index in [9.17, 15) is 14.0 Å². The number of carbonyl (C=O) groups excluding carboxylic acids is 1. The molecule has 0 saturated carbocycles. The minimum Gasteiger partial charge on any atom is -0.326 e. The molecular formula is C19H18FN3O2. The van der Waals surface area contributed by atoms with Gasteiger partial charge in [-0.1, -0.05) is 19.1 Å². The van der Waals surface area contributed by atoms with E-state index in [1.807, 2.05) is 0 Å². The van der Waals surface area contributed by atoms with E-state index in [-0.39, 0.29) is 17.3 Å². The van der Waals surface area contributed by atoms with E-state index < -0.39 is 0 Å². The molecule has 0 atom stereocenters. The van der Waals surface area contributed by atoms with Gasteiger partial charge in [0.2, 0.25) is 5.91 Å². The molecule has 0 bridgehead atoms. The van der Waals surface area contributed by atoms with Gasteiger partial charge in [0.25, 0.3) is 5.56 Å². The van der Waals surface area contributed by atoms with Crippen molar-refractivity contribution in [3.05, 3.63) is 70.0 Å². The number of aromatic nitrogens is 2. The number of carbonyl (C=O) groups is 1. The lowest BCUT2D eigenvalue weighted by Crippen LogP contribution is -2.24. The first-order valence-electron chi connectivity index (χ1n) is 8.03. The Hall–Kier alpha value is -3.02. The SMILES string of the molecule is CCC(=O)Nc1ccc2nc(C)n(Cc3ccc(F)cc3)c(=O)c2c1. The molecule has 1 N–H and O–H groups in total. The Morgan fingerprint density at radius 3 is 2.60 bits per heavy atom. The summed E-state index contributed by atoms with van der Waals surface area (Å²) >= 11 is 0. The molecule has 0 spiro atoms. The van der Waals surface area contributed by atoms with Gasteiger partial charge in [0, 0.05) is 12.1 Å². The van der Waals surface area contributed by atoms with E-state index in [2.05, 4.69) is 10.3 Å². The first kappa shape index (κ1) is 16.8. The molecule has 2 aromatic carbocycles. The summed E-state index contributed by atoms with van der Waals surface area (Å²) in [4.78, 5) is 28.9. The number of hydrogen-bond acceptors (Lipinski definition) is 3. The van der Waals surface area contributed by atoms with Crippen LogP contribution in [-0.2, 0) is 11.3 Å². The lowest BCUT2D eigenvalue weighted by molar-refractivity contribution is -0.115. The number of nitrogens with zero attached hydrogens (tertiary/aromatic N) is 2. The zero-order valence-corrected chi connectivity index (χ0v) is 14.0. The molecular weight excluding hydrogens is 321 g/mol. The monoisotopic (exact) mass is 339 g/mol. The Morgan fingerprint density at radius 1 is 1.20 bits per heavy atom. The largest absolute Gasteiger partial charge is 0.326 e. The molecule has 0 saturated heterocycles. The van der Waals surface area contributed by atoms with Crippen molar-refractivity contribution in [2.24, 2.45) is 0 Å². The zero-order valence-electron chi connectivity index (χ0n) is 14.0. The van der Waals surface area contributed by atoms with Crippen molar-refractivity contribution in [3.63, 3.8) is 0 Å². The highest BCUT2D eigenvalue weighted by molar-refractivity contribution is 5.93. The van der Waals surface area contributed by atoms with Gasteiger partial charge in [-0.15, -0.1) is 0 Å². The highest BCUT2D eigenvalue weighted by atomic mass is 19.1. The number of halogens is 1. The number of rotatable bonds is 4. The van der Waals surface area contributed by atoms with Gasteiger partial charge in [0.1, 0.15) is 11.6 Å². The summed E-state index contributed by atoms with van der Waals surface area (Å²) in [6.45, 7) is 3.83. The molecule has 0 aliphatic rings. The number of aryl methyl sites for hydroxylation is 1. The Bertz CT molecular complexity index is 994. The fourth-order valence-corrected chi connectivity index (χ4v) is 2.62. The molecule has 6 heteroatoms. The van der Waals surface area contributed by atoms with Crippen LogP contribution in [0.1, 0.15) is 24.7 Å².